The Labute approximate surface area is 118 Å². The van der Waals surface area contributed by atoms with Crippen LogP contribution in [0.1, 0.15) is 52.5 Å². The van der Waals surface area contributed by atoms with Crippen LogP contribution in [-0.4, -0.2) is 6.10 Å². The zero-order valence-corrected chi connectivity index (χ0v) is 12.8. The maximum absolute atomic E-state index is 5.99. The van der Waals surface area contributed by atoms with Crippen molar-refractivity contribution >= 4 is 0 Å². The van der Waals surface area contributed by atoms with Crippen LogP contribution in [0.4, 0.5) is 0 Å². The van der Waals surface area contributed by atoms with Crippen molar-refractivity contribution in [1.29, 1.82) is 0 Å². The van der Waals surface area contributed by atoms with Crippen LogP contribution in [-0.2, 0) is 0 Å². The molecule has 1 aliphatic carbocycles. The van der Waals surface area contributed by atoms with Gasteiger partial charge in [0, 0.05) is 11.5 Å². The van der Waals surface area contributed by atoms with Gasteiger partial charge in [0.2, 0.25) is 0 Å². The number of ether oxygens (including phenoxy) is 1. The minimum atomic E-state index is 0.264. The van der Waals surface area contributed by atoms with Crippen LogP contribution in [0, 0.1) is 0 Å². The van der Waals surface area contributed by atoms with Crippen molar-refractivity contribution in [2.24, 2.45) is 0 Å². The van der Waals surface area contributed by atoms with Crippen molar-refractivity contribution in [2.45, 2.75) is 53.1 Å². The summed E-state index contributed by atoms with van der Waals surface area (Å²) in [5.74, 6) is 1.58. The second-order valence-electron chi connectivity index (χ2n) is 4.28. The molecule has 2 bridgehead atoms. The van der Waals surface area contributed by atoms with Crippen molar-refractivity contribution < 1.29 is 4.74 Å². The van der Waals surface area contributed by atoms with E-state index >= 15 is 0 Å². The zero-order chi connectivity index (χ0) is 14.3. The SMILES string of the molecule is CC.CC.CC1=CC=CC2CC1Oc1ccccc12. The van der Waals surface area contributed by atoms with Gasteiger partial charge in [0.05, 0.1) is 0 Å². The summed E-state index contributed by atoms with van der Waals surface area (Å²) in [7, 11) is 0. The van der Waals surface area contributed by atoms with E-state index in [1.165, 1.54) is 11.1 Å². The molecule has 2 aliphatic rings. The van der Waals surface area contributed by atoms with E-state index in [1.54, 1.807) is 0 Å². The van der Waals surface area contributed by atoms with Gasteiger partial charge in [-0.15, -0.1) is 0 Å². The topological polar surface area (TPSA) is 9.23 Å². The second-order valence-corrected chi connectivity index (χ2v) is 4.28. The lowest BCUT2D eigenvalue weighted by Crippen LogP contribution is -2.25. The molecular formula is C18H26O. The third-order valence-electron chi connectivity index (χ3n) is 3.27. The number of para-hydroxylation sites is 1. The maximum Gasteiger partial charge on any atom is 0.124 e. The van der Waals surface area contributed by atoms with Gasteiger partial charge in [-0.05, 0) is 25.0 Å². The van der Waals surface area contributed by atoms with Gasteiger partial charge in [-0.2, -0.15) is 0 Å². The molecule has 1 nitrogen and oxygen atoms in total. The molecule has 0 radical (unpaired) electrons. The van der Waals surface area contributed by atoms with Gasteiger partial charge in [-0.1, -0.05) is 64.1 Å². The molecule has 0 saturated carbocycles. The van der Waals surface area contributed by atoms with Crippen molar-refractivity contribution in [3.05, 3.63) is 53.6 Å². The summed E-state index contributed by atoms with van der Waals surface area (Å²) in [6.07, 6.45) is 7.95. The summed E-state index contributed by atoms with van der Waals surface area (Å²) in [5, 5.41) is 0. The van der Waals surface area contributed by atoms with Crippen LogP contribution < -0.4 is 4.74 Å². The van der Waals surface area contributed by atoms with E-state index in [4.69, 9.17) is 4.74 Å². The number of rotatable bonds is 0. The first-order valence-electron chi connectivity index (χ1n) is 7.45. The molecule has 19 heavy (non-hydrogen) atoms. The van der Waals surface area contributed by atoms with E-state index in [0.717, 1.165) is 12.2 Å². The molecule has 0 N–H and O–H groups in total. The summed E-state index contributed by atoms with van der Waals surface area (Å²) in [5.41, 5.74) is 2.65. The molecule has 0 fully saturated rings. The molecule has 1 aromatic rings. The standard InChI is InChI=1S/C14H14O.2C2H6/c1-10-5-4-6-11-9-14(10)15-13-8-3-2-7-12(11)13;2*1-2/h2-8,11,14H,9H2,1H3;2*1-2H3. The molecule has 1 aromatic carbocycles. The Morgan fingerprint density at radius 3 is 2.47 bits per heavy atom. The second kappa shape index (κ2) is 7.83. The molecule has 104 valence electrons. The van der Waals surface area contributed by atoms with E-state index in [-0.39, 0.29) is 6.10 Å². The zero-order valence-electron chi connectivity index (χ0n) is 12.8. The highest BCUT2D eigenvalue weighted by atomic mass is 16.5. The van der Waals surface area contributed by atoms with Crippen LogP contribution in [0.2, 0.25) is 0 Å². The lowest BCUT2D eigenvalue weighted by molar-refractivity contribution is 0.200. The highest BCUT2D eigenvalue weighted by Gasteiger charge is 2.28. The van der Waals surface area contributed by atoms with Crippen molar-refractivity contribution in [2.75, 3.05) is 0 Å². The predicted molar refractivity (Wildman–Crippen MR) is 83.8 cm³/mol. The molecule has 0 saturated heterocycles. The van der Waals surface area contributed by atoms with Gasteiger partial charge in [-0.3, -0.25) is 0 Å². The lowest BCUT2D eigenvalue weighted by Gasteiger charge is -2.30. The van der Waals surface area contributed by atoms with Crippen LogP contribution in [0.25, 0.3) is 0 Å². The van der Waals surface area contributed by atoms with Gasteiger partial charge in [0.15, 0.2) is 0 Å². The van der Waals surface area contributed by atoms with Crippen LogP contribution in [0.15, 0.2) is 48.1 Å². The Hall–Kier alpha value is -1.50. The minimum absolute atomic E-state index is 0.264. The highest BCUT2D eigenvalue weighted by molar-refractivity contribution is 5.43. The van der Waals surface area contributed by atoms with Crippen LogP contribution in [0.3, 0.4) is 0 Å². The van der Waals surface area contributed by atoms with E-state index in [9.17, 15) is 0 Å². The van der Waals surface area contributed by atoms with Gasteiger partial charge in [0.25, 0.3) is 0 Å². The number of hydrogen-bond donors (Lipinski definition) is 0. The number of hydrogen-bond acceptors (Lipinski definition) is 1. The molecule has 3 rings (SSSR count). The van der Waals surface area contributed by atoms with E-state index in [2.05, 4.69) is 43.4 Å². The van der Waals surface area contributed by atoms with Crippen LogP contribution in [0.5, 0.6) is 5.75 Å². The van der Waals surface area contributed by atoms with Crippen molar-refractivity contribution in [1.82, 2.24) is 0 Å². The summed E-state index contributed by atoms with van der Waals surface area (Å²) in [6, 6.07) is 8.36. The average molecular weight is 258 g/mol. The first-order valence-corrected chi connectivity index (χ1v) is 7.45. The van der Waals surface area contributed by atoms with Gasteiger partial charge in [0.1, 0.15) is 11.9 Å². The maximum atomic E-state index is 5.99. The first kappa shape index (κ1) is 15.6. The molecule has 1 heterocycles. The highest BCUT2D eigenvalue weighted by Crippen LogP contribution is 2.39. The molecule has 2 unspecified atom stereocenters. The third kappa shape index (κ3) is 3.50. The Morgan fingerprint density at radius 1 is 1.05 bits per heavy atom. The Morgan fingerprint density at radius 2 is 1.74 bits per heavy atom. The fraction of sp³-hybridized carbons (Fsp3) is 0.444. The first-order chi connectivity index (χ1) is 9.34. The van der Waals surface area contributed by atoms with Gasteiger partial charge < -0.3 is 4.74 Å². The fourth-order valence-corrected chi connectivity index (χ4v) is 2.36. The fourth-order valence-electron chi connectivity index (χ4n) is 2.36. The van der Waals surface area contributed by atoms with E-state index in [1.807, 2.05) is 33.8 Å². The van der Waals surface area contributed by atoms with Gasteiger partial charge in [-0.25, -0.2) is 0 Å². The van der Waals surface area contributed by atoms with Gasteiger partial charge >= 0.3 is 0 Å². The number of benzene rings is 1. The Bertz CT molecular complexity index is 443. The lowest BCUT2D eigenvalue weighted by atomic mass is 9.89. The monoisotopic (exact) mass is 258 g/mol. The number of fused-ring (bicyclic) bond motifs is 4. The third-order valence-corrected chi connectivity index (χ3v) is 3.27. The van der Waals surface area contributed by atoms with E-state index < -0.39 is 0 Å². The normalized spacial score (nSPS) is 22.3. The Kier molecular flexibility index (Phi) is 6.41. The smallest absolute Gasteiger partial charge is 0.124 e. The molecule has 1 aliphatic heterocycles. The van der Waals surface area contributed by atoms with Crippen LogP contribution >= 0.6 is 0 Å². The molecular weight excluding hydrogens is 232 g/mol. The summed E-state index contributed by atoms with van der Waals surface area (Å²) < 4.78 is 5.99. The quantitative estimate of drug-likeness (QED) is 0.598. The molecule has 0 aromatic heterocycles. The Balaban J connectivity index is 0.000000415. The summed E-state index contributed by atoms with van der Waals surface area (Å²) in [6.45, 7) is 10.1. The van der Waals surface area contributed by atoms with E-state index in [0.29, 0.717) is 5.92 Å². The predicted octanol–water partition coefficient (Wildman–Crippen LogP) is 5.49. The molecule has 0 amide bonds. The van der Waals surface area contributed by atoms with Crippen molar-refractivity contribution in [3.63, 3.8) is 0 Å². The van der Waals surface area contributed by atoms with Crippen molar-refractivity contribution in [3.8, 4) is 5.75 Å². The minimum Gasteiger partial charge on any atom is -0.486 e. The number of allylic oxidation sites excluding steroid dienone is 3. The molecule has 1 heteroatoms. The summed E-state index contributed by atoms with van der Waals surface area (Å²) >= 11 is 0. The largest absolute Gasteiger partial charge is 0.486 e. The average Bonchev–Trinajstić information content (AvgIpc) is 2.64. The summed E-state index contributed by atoms with van der Waals surface area (Å²) in [4.78, 5) is 0. The molecule has 2 atom stereocenters. The molecule has 0 spiro atoms.